The molecule has 1 aromatic heterocycles. The molecule has 0 N–H and O–H groups in total. The molecule has 106 valence electrons. The van der Waals surface area contributed by atoms with Gasteiger partial charge in [-0.05, 0) is 23.1 Å². The molecule has 3 aromatic rings. The highest BCUT2D eigenvalue weighted by molar-refractivity contribution is 5.80. The normalized spacial score (nSPS) is 11.8. The fourth-order valence-electron chi connectivity index (χ4n) is 2.28. The van der Waals surface area contributed by atoms with E-state index in [9.17, 15) is 4.39 Å². The van der Waals surface area contributed by atoms with Crippen molar-refractivity contribution in [3.63, 3.8) is 0 Å². The van der Waals surface area contributed by atoms with Crippen molar-refractivity contribution in [2.24, 2.45) is 0 Å². The molecule has 0 fully saturated rings. The van der Waals surface area contributed by atoms with Gasteiger partial charge in [0.15, 0.2) is 5.82 Å². The maximum Gasteiger partial charge on any atom is 0.159 e. The van der Waals surface area contributed by atoms with E-state index < -0.39 is 0 Å². The van der Waals surface area contributed by atoms with Gasteiger partial charge in [-0.25, -0.2) is 14.4 Å². The maximum absolute atomic E-state index is 13.6. The lowest BCUT2D eigenvalue weighted by molar-refractivity contribution is 0.590. The van der Waals surface area contributed by atoms with Gasteiger partial charge in [0.2, 0.25) is 0 Å². The van der Waals surface area contributed by atoms with Crippen molar-refractivity contribution in [1.29, 1.82) is 0 Å². The van der Waals surface area contributed by atoms with Crippen LogP contribution in [0.5, 0.6) is 0 Å². The lowest BCUT2D eigenvalue weighted by Crippen LogP contribution is -2.10. The molecular formula is C18H17FN2. The van der Waals surface area contributed by atoms with Crippen molar-refractivity contribution in [2.45, 2.75) is 26.2 Å². The van der Waals surface area contributed by atoms with Gasteiger partial charge in [0.1, 0.15) is 5.82 Å². The highest BCUT2D eigenvalue weighted by atomic mass is 19.1. The molecule has 2 aromatic carbocycles. The van der Waals surface area contributed by atoms with Crippen LogP contribution in [0.4, 0.5) is 4.39 Å². The molecule has 0 atom stereocenters. The number of aromatic nitrogens is 2. The van der Waals surface area contributed by atoms with E-state index in [2.05, 4.69) is 42.9 Å². The van der Waals surface area contributed by atoms with Crippen LogP contribution in [-0.2, 0) is 5.41 Å². The summed E-state index contributed by atoms with van der Waals surface area (Å²) in [6.45, 7) is 6.53. The molecule has 0 saturated carbocycles. The molecule has 21 heavy (non-hydrogen) atoms. The van der Waals surface area contributed by atoms with E-state index >= 15 is 0 Å². The Hall–Kier alpha value is -2.29. The summed E-state index contributed by atoms with van der Waals surface area (Å²) in [6.07, 6.45) is 1.55. The molecular weight excluding hydrogens is 263 g/mol. The van der Waals surface area contributed by atoms with Gasteiger partial charge in [0, 0.05) is 11.8 Å². The Bertz CT molecular complexity index is 786. The minimum absolute atomic E-state index is 0.117. The lowest BCUT2D eigenvalue weighted by Gasteiger charge is -2.19. The quantitative estimate of drug-likeness (QED) is 0.643. The lowest BCUT2D eigenvalue weighted by atomic mass is 9.87. The standard InChI is InChI=1S/C18H17FN2/c1-18(2,3)13-9-7-12(8-10-13)17-20-11-14-15(19)5-4-6-16(14)21-17/h4-11H,1-3H3. The van der Waals surface area contributed by atoms with Gasteiger partial charge < -0.3 is 0 Å². The van der Waals surface area contributed by atoms with Crippen LogP contribution in [0.25, 0.3) is 22.3 Å². The Labute approximate surface area is 123 Å². The molecule has 0 aliphatic carbocycles. The summed E-state index contributed by atoms with van der Waals surface area (Å²) < 4.78 is 13.6. The number of benzene rings is 2. The maximum atomic E-state index is 13.6. The van der Waals surface area contributed by atoms with Crippen LogP contribution in [0, 0.1) is 5.82 Å². The van der Waals surface area contributed by atoms with E-state index in [0.29, 0.717) is 16.7 Å². The van der Waals surface area contributed by atoms with E-state index in [4.69, 9.17) is 0 Å². The van der Waals surface area contributed by atoms with Gasteiger partial charge in [-0.3, -0.25) is 0 Å². The molecule has 0 radical (unpaired) electrons. The van der Waals surface area contributed by atoms with E-state index in [-0.39, 0.29) is 11.2 Å². The molecule has 0 saturated heterocycles. The Kier molecular flexibility index (Phi) is 3.20. The highest BCUT2D eigenvalue weighted by Gasteiger charge is 2.13. The van der Waals surface area contributed by atoms with Crippen LogP contribution in [0.15, 0.2) is 48.7 Å². The zero-order chi connectivity index (χ0) is 15.0. The van der Waals surface area contributed by atoms with Crippen molar-refractivity contribution in [1.82, 2.24) is 9.97 Å². The van der Waals surface area contributed by atoms with Gasteiger partial charge >= 0.3 is 0 Å². The van der Waals surface area contributed by atoms with Gasteiger partial charge in [-0.1, -0.05) is 51.1 Å². The topological polar surface area (TPSA) is 25.8 Å². The Balaban J connectivity index is 2.04. The molecule has 3 heteroatoms. The van der Waals surface area contributed by atoms with Crippen LogP contribution in [0.3, 0.4) is 0 Å². The molecule has 0 unspecified atom stereocenters. The van der Waals surface area contributed by atoms with E-state index in [1.165, 1.54) is 11.6 Å². The van der Waals surface area contributed by atoms with E-state index in [0.717, 1.165) is 5.56 Å². The summed E-state index contributed by atoms with van der Waals surface area (Å²) in [7, 11) is 0. The number of hydrogen-bond acceptors (Lipinski definition) is 2. The third kappa shape index (κ3) is 2.64. The predicted octanol–water partition coefficient (Wildman–Crippen LogP) is 4.73. The Morgan fingerprint density at radius 3 is 2.33 bits per heavy atom. The Morgan fingerprint density at radius 2 is 1.67 bits per heavy atom. The first kappa shape index (κ1) is 13.7. The first-order valence-corrected chi connectivity index (χ1v) is 6.97. The van der Waals surface area contributed by atoms with Gasteiger partial charge in [0.05, 0.1) is 10.9 Å². The van der Waals surface area contributed by atoms with Crippen molar-refractivity contribution in [3.8, 4) is 11.4 Å². The van der Waals surface area contributed by atoms with Crippen LogP contribution < -0.4 is 0 Å². The summed E-state index contributed by atoms with van der Waals surface area (Å²) in [4.78, 5) is 8.73. The first-order chi connectivity index (χ1) is 9.95. The fourth-order valence-corrected chi connectivity index (χ4v) is 2.28. The van der Waals surface area contributed by atoms with Crippen LogP contribution in [-0.4, -0.2) is 9.97 Å². The highest BCUT2D eigenvalue weighted by Crippen LogP contribution is 2.25. The average Bonchev–Trinajstić information content (AvgIpc) is 2.46. The Morgan fingerprint density at radius 1 is 0.952 bits per heavy atom. The van der Waals surface area contributed by atoms with Gasteiger partial charge in [0.25, 0.3) is 0 Å². The minimum atomic E-state index is -0.290. The number of nitrogens with zero attached hydrogens (tertiary/aromatic N) is 2. The molecule has 0 amide bonds. The number of halogens is 1. The summed E-state index contributed by atoms with van der Waals surface area (Å²) in [5, 5.41) is 0.451. The third-order valence-electron chi connectivity index (χ3n) is 3.58. The molecule has 0 aliphatic heterocycles. The van der Waals surface area contributed by atoms with E-state index in [1.54, 1.807) is 18.3 Å². The second kappa shape index (κ2) is 4.92. The summed E-state index contributed by atoms with van der Waals surface area (Å²) in [6, 6.07) is 13.1. The van der Waals surface area contributed by atoms with Crippen molar-refractivity contribution >= 4 is 10.9 Å². The minimum Gasteiger partial charge on any atom is -0.236 e. The molecule has 1 heterocycles. The first-order valence-electron chi connectivity index (χ1n) is 6.97. The third-order valence-corrected chi connectivity index (χ3v) is 3.58. The summed E-state index contributed by atoms with van der Waals surface area (Å²) in [5.74, 6) is 0.329. The summed E-state index contributed by atoms with van der Waals surface area (Å²) in [5.41, 5.74) is 2.94. The second-order valence-corrected chi connectivity index (χ2v) is 6.19. The molecule has 0 bridgehead atoms. The predicted molar refractivity (Wildman–Crippen MR) is 83.6 cm³/mol. The smallest absolute Gasteiger partial charge is 0.159 e. The van der Waals surface area contributed by atoms with Crippen molar-refractivity contribution < 1.29 is 4.39 Å². The zero-order valence-electron chi connectivity index (χ0n) is 12.4. The van der Waals surface area contributed by atoms with Crippen LogP contribution in [0.1, 0.15) is 26.3 Å². The number of fused-ring (bicyclic) bond motifs is 1. The molecule has 0 spiro atoms. The molecule has 3 rings (SSSR count). The number of rotatable bonds is 1. The van der Waals surface area contributed by atoms with Crippen molar-refractivity contribution in [2.75, 3.05) is 0 Å². The fraction of sp³-hybridized carbons (Fsp3) is 0.222. The molecule has 0 aliphatic rings. The van der Waals surface area contributed by atoms with Crippen LogP contribution in [0.2, 0.25) is 0 Å². The van der Waals surface area contributed by atoms with Gasteiger partial charge in [-0.2, -0.15) is 0 Å². The second-order valence-electron chi connectivity index (χ2n) is 6.19. The van der Waals surface area contributed by atoms with Crippen LogP contribution >= 0.6 is 0 Å². The average molecular weight is 280 g/mol. The largest absolute Gasteiger partial charge is 0.236 e. The number of hydrogen-bond donors (Lipinski definition) is 0. The monoisotopic (exact) mass is 280 g/mol. The summed E-state index contributed by atoms with van der Waals surface area (Å²) >= 11 is 0. The van der Waals surface area contributed by atoms with E-state index in [1.807, 2.05) is 12.1 Å². The zero-order valence-corrected chi connectivity index (χ0v) is 12.4. The molecule has 2 nitrogen and oxygen atoms in total. The SMILES string of the molecule is CC(C)(C)c1ccc(-c2ncc3c(F)cccc3n2)cc1. The van der Waals surface area contributed by atoms with Gasteiger partial charge in [-0.15, -0.1) is 0 Å². The van der Waals surface area contributed by atoms with Crippen molar-refractivity contribution in [3.05, 3.63) is 60.0 Å².